The summed E-state index contributed by atoms with van der Waals surface area (Å²) < 4.78 is 14.8. The average molecular weight is 477 g/mol. The largest absolute Gasteiger partial charge is 0.370 e. The van der Waals surface area contributed by atoms with E-state index in [1.165, 1.54) is 12.1 Å². The predicted octanol–water partition coefficient (Wildman–Crippen LogP) is 4.54. The summed E-state index contributed by atoms with van der Waals surface area (Å²) in [5, 5.41) is 8.24. The van der Waals surface area contributed by atoms with E-state index in [1.54, 1.807) is 35.1 Å². The highest BCUT2D eigenvalue weighted by atomic mass is 35.5. The van der Waals surface area contributed by atoms with Gasteiger partial charge in [-0.25, -0.2) is 9.37 Å². The molecule has 2 aliphatic rings. The fourth-order valence-electron chi connectivity index (χ4n) is 4.89. The maximum absolute atomic E-state index is 13.5. The smallest absolute Gasteiger partial charge is 0.259 e. The molecule has 2 aromatic heterocycles. The molecule has 0 saturated carbocycles. The van der Waals surface area contributed by atoms with Crippen LogP contribution in [0.5, 0.6) is 0 Å². The first-order valence-corrected chi connectivity index (χ1v) is 11.4. The number of amides is 1. The number of aryl methyl sites for hydroxylation is 1. The Labute approximate surface area is 200 Å². The minimum absolute atomic E-state index is 0.0840. The molecule has 1 amide bonds. The van der Waals surface area contributed by atoms with E-state index in [-0.39, 0.29) is 17.1 Å². The van der Waals surface area contributed by atoms with Crippen LogP contribution in [0, 0.1) is 18.2 Å². The number of rotatable bonds is 4. The van der Waals surface area contributed by atoms with Gasteiger partial charge in [0.05, 0.1) is 16.9 Å². The molecule has 0 aliphatic carbocycles. The lowest BCUT2D eigenvalue weighted by Crippen LogP contribution is -2.73. The molecular weight excluding hydrogens is 455 g/mol. The van der Waals surface area contributed by atoms with Gasteiger partial charge in [-0.2, -0.15) is 9.61 Å². The van der Waals surface area contributed by atoms with Crippen LogP contribution in [0.4, 0.5) is 21.6 Å². The Morgan fingerprint density at radius 3 is 2.62 bits per heavy atom. The van der Waals surface area contributed by atoms with Crippen LogP contribution in [0.15, 0.2) is 60.9 Å². The Bertz CT molecular complexity index is 1400. The zero-order chi connectivity index (χ0) is 23.4. The SMILES string of the molecule is Cc1ccc(Cl)c(Nc2c(C(=O)N3CC4(C3)CN(c3ccc(F)cc3)C4)cnc3ccnn23)c1. The number of anilines is 3. The number of carbonyl (C=O) groups excluding carboxylic acids is 1. The lowest BCUT2D eigenvalue weighted by Gasteiger charge is -2.60. The molecule has 2 aliphatic heterocycles. The van der Waals surface area contributed by atoms with E-state index in [4.69, 9.17) is 11.6 Å². The lowest BCUT2D eigenvalue weighted by atomic mass is 9.72. The second kappa shape index (κ2) is 7.70. The Morgan fingerprint density at radius 1 is 1.09 bits per heavy atom. The van der Waals surface area contributed by atoms with E-state index < -0.39 is 0 Å². The standard InChI is InChI=1S/C25H22ClFN6O/c1-16-2-7-20(26)21(10-16)30-23-19(11-28-22-8-9-29-33(22)23)24(34)32-14-25(15-32)12-31(13-25)18-5-3-17(27)4-6-18/h2-11,30H,12-15H2,1H3. The lowest BCUT2D eigenvalue weighted by molar-refractivity contribution is -0.0104. The number of fused-ring (bicyclic) bond motifs is 1. The highest BCUT2D eigenvalue weighted by Gasteiger charge is 2.53. The number of benzene rings is 2. The highest BCUT2D eigenvalue weighted by molar-refractivity contribution is 6.33. The molecule has 2 aromatic carbocycles. The fourth-order valence-corrected chi connectivity index (χ4v) is 5.05. The van der Waals surface area contributed by atoms with Gasteiger partial charge in [0.2, 0.25) is 0 Å². The summed E-state index contributed by atoms with van der Waals surface area (Å²) >= 11 is 6.41. The number of hydrogen-bond donors (Lipinski definition) is 1. The number of hydrogen-bond acceptors (Lipinski definition) is 5. The summed E-state index contributed by atoms with van der Waals surface area (Å²) in [5.74, 6) is 0.204. The Kier molecular flexibility index (Phi) is 4.74. The summed E-state index contributed by atoms with van der Waals surface area (Å²) in [7, 11) is 0. The van der Waals surface area contributed by atoms with Gasteiger partial charge in [0.15, 0.2) is 5.65 Å². The first kappa shape index (κ1) is 20.9. The first-order chi connectivity index (χ1) is 16.4. The minimum Gasteiger partial charge on any atom is -0.370 e. The van der Waals surface area contributed by atoms with Crippen molar-refractivity contribution in [2.75, 3.05) is 36.4 Å². The van der Waals surface area contributed by atoms with Gasteiger partial charge >= 0.3 is 0 Å². The Hall–Kier alpha value is -3.65. The number of likely N-dealkylation sites (tertiary alicyclic amines) is 1. The van der Waals surface area contributed by atoms with Crippen molar-refractivity contribution in [1.82, 2.24) is 19.5 Å². The Balaban J connectivity index is 1.22. The van der Waals surface area contributed by atoms with E-state index in [2.05, 4.69) is 20.3 Å². The van der Waals surface area contributed by atoms with E-state index in [9.17, 15) is 9.18 Å². The van der Waals surface area contributed by atoms with E-state index in [0.29, 0.717) is 40.8 Å². The predicted molar refractivity (Wildman–Crippen MR) is 129 cm³/mol. The van der Waals surface area contributed by atoms with Gasteiger partial charge in [0.25, 0.3) is 5.91 Å². The van der Waals surface area contributed by atoms with Crippen molar-refractivity contribution < 1.29 is 9.18 Å². The van der Waals surface area contributed by atoms with Crippen LogP contribution in [0.1, 0.15) is 15.9 Å². The zero-order valence-corrected chi connectivity index (χ0v) is 19.3. The third kappa shape index (κ3) is 3.45. The molecule has 172 valence electrons. The average Bonchev–Trinajstić information content (AvgIpc) is 3.25. The van der Waals surface area contributed by atoms with Gasteiger partial charge in [-0.15, -0.1) is 0 Å². The molecule has 0 bridgehead atoms. The summed E-state index contributed by atoms with van der Waals surface area (Å²) in [5.41, 5.74) is 3.92. The van der Waals surface area contributed by atoms with E-state index in [0.717, 1.165) is 24.3 Å². The monoisotopic (exact) mass is 476 g/mol. The van der Waals surface area contributed by atoms with Crippen LogP contribution in [0.25, 0.3) is 5.65 Å². The summed E-state index contributed by atoms with van der Waals surface area (Å²) in [6, 6.07) is 14.0. The van der Waals surface area contributed by atoms with Crippen molar-refractivity contribution in [3.05, 3.63) is 82.9 Å². The summed E-state index contributed by atoms with van der Waals surface area (Å²) in [6.45, 7) is 5.03. The van der Waals surface area contributed by atoms with Crippen molar-refractivity contribution >= 4 is 40.3 Å². The maximum Gasteiger partial charge on any atom is 0.259 e. The second-order valence-electron chi connectivity index (χ2n) is 9.22. The van der Waals surface area contributed by atoms with Crippen molar-refractivity contribution in [1.29, 1.82) is 0 Å². The quantitative estimate of drug-likeness (QED) is 0.468. The van der Waals surface area contributed by atoms with Crippen molar-refractivity contribution in [2.45, 2.75) is 6.92 Å². The van der Waals surface area contributed by atoms with Gasteiger partial charge in [-0.3, -0.25) is 4.79 Å². The summed E-state index contributed by atoms with van der Waals surface area (Å²) in [6.07, 6.45) is 3.25. The molecule has 2 saturated heterocycles. The van der Waals surface area contributed by atoms with Crippen molar-refractivity contribution in [2.24, 2.45) is 5.41 Å². The van der Waals surface area contributed by atoms with Crippen LogP contribution in [0.2, 0.25) is 5.02 Å². The van der Waals surface area contributed by atoms with Gasteiger partial charge < -0.3 is 15.1 Å². The van der Waals surface area contributed by atoms with Crippen LogP contribution in [0.3, 0.4) is 0 Å². The molecular formula is C25H22ClFN6O. The van der Waals surface area contributed by atoms with Gasteiger partial charge in [0.1, 0.15) is 17.2 Å². The first-order valence-electron chi connectivity index (χ1n) is 11.1. The zero-order valence-electron chi connectivity index (χ0n) is 18.5. The number of halogens is 2. The molecule has 1 N–H and O–H groups in total. The normalized spacial score (nSPS) is 16.4. The van der Waals surface area contributed by atoms with E-state index >= 15 is 0 Å². The minimum atomic E-state index is -0.237. The number of nitrogens with one attached hydrogen (secondary N) is 1. The van der Waals surface area contributed by atoms with Gasteiger partial charge in [0, 0.05) is 49.5 Å². The van der Waals surface area contributed by atoms with Crippen LogP contribution in [-0.4, -0.2) is 51.6 Å². The molecule has 0 radical (unpaired) electrons. The molecule has 0 unspecified atom stereocenters. The van der Waals surface area contributed by atoms with Gasteiger partial charge in [-0.05, 0) is 48.9 Å². The van der Waals surface area contributed by atoms with E-state index in [1.807, 2.05) is 30.0 Å². The second-order valence-corrected chi connectivity index (χ2v) is 9.63. The molecule has 2 fully saturated rings. The molecule has 1 spiro atoms. The molecule has 34 heavy (non-hydrogen) atoms. The van der Waals surface area contributed by atoms with Crippen LogP contribution in [-0.2, 0) is 0 Å². The molecule has 0 atom stereocenters. The third-order valence-corrected chi connectivity index (χ3v) is 6.93. The number of carbonyl (C=O) groups is 1. The number of aromatic nitrogens is 3. The van der Waals surface area contributed by atoms with Crippen LogP contribution < -0.4 is 10.2 Å². The maximum atomic E-state index is 13.5. The van der Waals surface area contributed by atoms with Gasteiger partial charge in [-0.1, -0.05) is 17.7 Å². The summed E-state index contributed by atoms with van der Waals surface area (Å²) in [4.78, 5) is 22.0. The highest BCUT2D eigenvalue weighted by Crippen LogP contribution is 2.43. The van der Waals surface area contributed by atoms with Crippen molar-refractivity contribution in [3.8, 4) is 0 Å². The van der Waals surface area contributed by atoms with Crippen LogP contribution >= 0.6 is 11.6 Å². The molecule has 4 aromatic rings. The molecule has 6 rings (SSSR count). The fraction of sp³-hybridized carbons (Fsp3) is 0.240. The topological polar surface area (TPSA) is 65.8 Å². The molecule has 9 heteroatoms. The van der Waals surface area contributed by atoms with Crippen molar-refractivity contribution in [3.63, 3.8) is 0 Å². The number of nitrogens with zero attached hydrogens (tertiary/aromatic N) is 5. The molecule has 4 heterocycles. The molecule has 7 nitrogen and oxygen atoms in total. The Morgan fingerprint density at radius 2 is 1.85 bits per heavy atom. The third-order valence-electron chi connectivity index (χ3n) is 6.61.